The van der Waals surface area contributed by atoms with E-state index in [9.17, 15) is 4.79 Å². The number of halogens is 1. The summed E-state index contributed by atoms with van der Waals surface area (Å²) in [5, 5.41) is 4.05. The van der Waals surface area contributed by atoms with Crippen molar-refractivity contribution in [1.82, 2.24) is 5.32 Å². The lowest BCUT2D eigenvalue weighted by atomic mass is 10.0. The van der Waals surface area contributed by atoms with Gasteiger partial charge >= 0.3 is 0 Å². The van der Waals surface area contributed by atoms with E-state index in [1.165, 1.54) is 22.4 Å². The third kappa shape index (κ3) is 4.08. The molecule has 0 spiro atoms. The Balaban J connectivity index is 1.26. The van der Waals surface area contributed by atoms with E-state index in [0.29, 0.717) is 6.04 Å². The van der Waals surface area contributed by atoms with Crippen molar-refractivity contribution < 1.29 is 9.69 Å². The number of nitrogens with one attached hydrogen (secondary N) is 2. The highest BCUT2D eigenvalue weighted by atomic mass is 35.5. The van der Waals surface area contributed by atoms with Crippen LogP contribution in [0.1, 0.15) is 44.9 Å². The molecule has 25 heavy (non-hydrogen) atoms. The number of fused-ring (bicyclic) bond motifs is 1. The third-order valence-corrected chi connectivity index (χ3v) is 6.85. The number of carbonyl (C=O) groups excluding carboxylic acids is 1. The first kappa shape index (κ1) is 17.1. The molecule has 132 valence electrons. The van der Waals surface area contributed by atoms with Gasteiger partial charge in [0.15, 0.2) is 0 Å². The predicted octanol–water partition coefficient (Wildman–Crippen LogP) is 2.87. The molecule has 0 bridgehead atoms. The number of benzene rings is 1. The number of carbonyl (C=O) groups is 1. The summed E-state index contributed by atoms with van der Waals surface area (Å²) in [6, 6.07) is 10.6. The number of thiophene rings is 1. The molecule has 2 aliphatic rings. The lowest BCUT2D eigenvalue weighted by Gasteiger charge is -2.29. The van der Waals surface area contributed by atoms with E-state index >= 15 is 0 Å². The molecule has 3 nitrogen and oxygen atoms in total. The van der Waals surface area contributed by atoms with E-state index < -0.39 is 0 Å². The van der Waals surface area contributed by atoms with Gasteiger partial charge in [-0.2, -0.15) is 0 Å². The van der Waals surface area contributed by atoms with Crippen LogP contribution in [0.4, 0.5) is 0 Å². The van der Waals surface area contributed by atoms with Crippen LogP contribution in [0.25, 0.3) is 0 Å². The van der Waals surface area contributed by atoms with Gasteiger partial charge in [0.2, 0.25) is 0 Å². The second kappa shape index (κ2) is 7.48. The van der Waals surface area contributed by atoms with Crippen molar-refractivity contribution in [3.8, 4) is 0 Å². The molecular weight excluding hydrogens is 352 g/mol. The summed E-state index contributed by atoms with van der Waals surface area (Å²) in [5.41, 5.74) is 2.73. The average Bonchev–Trinajstić information content (AvgIpc) is 3.20. The fourth-order valence-corrected chi connectivity index (χ4v) is 5.22. The van der Waals surface area contributed by atoms with Gasteiger partial charge in [0.25, 0.3) is 5.91 Å². The van der Waals surface area contributed by atoms with Crippen LogP contribution in [0.3, 0.4) is 0 Å². The van der Waals surface area contributed by atoms with Crippen LogP contribution >= 0.6 is 22.9 Å². The molecule has 0 unspecified atom stereocenters. The van der Waals surface area contributed by atoms with Gasteiger partial charge in [-0.25, -0.2) is 0 Å². The topological polar surface area (TPSA) is 33.5 Å². The van der Waals surface area contributed by atoms with Crippen LogP contribution in [0.5, 0.6) is 0 Å². The molecule has 1 amide bonds. The summed E-state index contributed by atoms with van der Waals surface area (Å²) in [7, 11) is 0. The van der Waals surface area contributed by atoms with Gasteiger partial charge in [0.1, 0.15) is 6.54 Å². The Bertz CT molecular complexity index is 726. The zero-order chi connectivity index (χ0) is 17.2. The van der Waals surface area contributed by atoms with Crippen molar-refractivity contribution in [2.75, 3.05) is 13.1 Å². The van der Waals surface area contributed by atoms with Crippen molar-refractivity contribution >= 4 is 28.8 Å². The minimum atomic E-state index is 0.130. The van der Waals surface area contributed by atoms with E-state index in [2.05, 4.69) is 23.5 Å². The van der Waals surface area contributed by atoms with Gasteiger partial charge in [-0.1, -0.05) is 23.7 Å². The summed E-state index contributed by atoms with van der Waals surface area (Å²) in [5.74, 6) is 0.130. The Morgan fingerprint density at radius 3 is 2.68 bits per heavy atom. The Morgan fingerprint density at radius 1 is 1.20 bits per heavy atom. The van der Waals surface area contributed by atoms with Crippen LogP contribution < -0.4 is 10.2 Å². The van der Waals surface area contributed by atoms with E-state index in [1.807, 2.05) is 12.1 Å². The third-order valence-electron chi connectivity index (χ3n) is 5.37. The molecule has 5 heteroatoms. The molecule has 1 aromatic carbocycles. The highest BCUT2D eigenvalue weighted by Crippen LogP contribution is 2.30. The minimum Gasteiger partial charge on any atom is -0.348 e. The molecule has 2 aromatic rings. The predicted molar refractivity (Wildman–Crippen MR) is 103 cm³/mol. The van der Waals surface area contributed by atoms with E-state index in [-0.39, 0.29) is 5.91 Å². The Labute approximate surface area is 158 Å². The summed E-state index contributed by atoms with van der Waals surface area (Å²) < 4.78 is 0. The lowest BCUT2D eigenvalue weighted by molar-refractivity contribution is -0.918. The highest BCUT2D eigenvalue weighted by Gasteiger charge is 2.25. The Hall–Kier alpha value is -1.36. The number of rotatable bonds is 4. The van der Waals surface area contributed by atoms with Gasteiger partial charge in [0.05, 0.1) is 18.0 Å². The maximum atomic E-state index is 12.5. The highest BCUT2D eigenvalue weighted by molar-refractivity contribution is 7.14. The molecular formula is C20H24ClN2OS+. The fraction of sp³-hybridized carbons (Fsp3) is 0.450. The maximum Gasteiger partial charge on any atom is 0.261 e. The molecule has 0 saturated carbocycles. The van der Waals surface area contributed by atoms with E-state index in [0.717, 1.165) is 55.2 Å². The first-order valence-electron chi connectivity index (χ1n) is 9.18. The number of likely N-dealkylation sites (tertiary alicyclic amines) is 1. The molecule has 1 aliphatic heterocycles. The average molecular weight is 376 g/mol. The number of amides is 1. The number of hydrogen-bond donors (Lipinski definition) is 2. The van der Waals surface area contributed by atoms with Gasteiger partial charge < -0.3 is 10.2 Å². The van der Waals surface area contributed by atoms with E-state index in [4.69, 9.17) is 11.6 Å². The maximum absolute atomic E-state index is 12.5. The number of aryl methyl sites for hydroxylation is 2. The first-order valence-corrected chi connectivity index (χ1v) is 10.4. The summed E-state index contributed by atoms with van der Waals surface area (Å²) in [4.78, 5) is 16.4. The minimum absolute atomic E-state index is 0.130. The summed E-state index contributed by atoms with van der Waals surface area (Å²) >= 11 is 7.64. The van der Waals surface area contributed by atoms with Crippen LogP contribution in [0.15, 0.2) is 30.3 Å². The molecule has 2 heterocycles. The van der Waals surface area contributed by atoms with Crippen molar-refractivity contribution in [3.63, 3.8) is 0 Å². The van der Waals surface area contributed by atoms with Crippen LogP contribution in [0.2, 0.25) is 5.02 Å². The number of piperidine rings is 1. The quantitative estimate of drug-likeness (QED) is 0.846. The lowest BCUT2D eigenvalue weighted by Crippen LogP contribution is -3.12. The van der Waals surface area contributed by atoms with Gasteiger partial charge in [-0.3, -0.25) is 4.79 Å². The SMILES string of the molecule is O=C(NC1CC[NH+](Cc2ccc(Cl)cc2)CC1)c1cc2c(s1)CCC2. The van der Waals surface area contributed by atoms with Crippen LogP contribution in [-0.4, -0.2) is 25.0 Å². The van der Waals surface area contributed by atoms with Crippen molar-refractivity contribution in [2.24, 2.45) is 0 Å². The van der Waals surface area contributed by atoms with Crippen molar-refractivity contribution in [3.05, 3.63) is 56.2 Å². The van der Waals surface area contributed by atoms with Gasteiger partial charge in [0, 0.05) is 34.3 Å². The number of quaternary nitrogens is 1. The molecule has 4 rings (SSSR count). The molecule has 1 saturated heterocycles. The molecule has 0 atom stereocenters. The second-order valence-electron chi connectivity index (χ2n) is 7.21. The largest absolute Gasteiger partial charge is 0.348 e. The van der Waals surface area contributed by atoms with Crippen LogP contribution in [0, 0.1) is 0 Å². The van der Waals surface area contributed by atoms with Crippen LogP contribution in [-0.2, 0) is 19.4 Å². The monoisotopic (exact) mass is 375 g/mol. The Kier molecular flexibility index (Phi) is 5.11. The Morgan fingerprint density at radius 2 is 1.96 bits per heavy atom. The zero-order valence-electron chi connectivity index (χ0n) is 14.3. The number of hydrogen-bond acceptors (Lipinski definition) is 2. The van der Waals surface area contributed by atoms with E-state index in [1.54, 1.807) is 16.2 Å². The van der Waals surface area contributed by atoms with Crippen molar-refractivity contribution in [2.45, 2.75) is 44.7 Å². The standard InChI is InChI=1S/C20H23ClN2OS/c21-16-6-4-14(5-7-16)13-23-10-8-17(9-11-23)22-20(24)19-12-15-2-1-3-18(15)25-19/h4-7,12,17H,1-3,8-11,13H2,(H,22,24)/p+1. The fourth-order valence-electron chi connectivity index (χ4n) is 3.94. The molecule has 1 aliphatic carbocycles. The van der Waals surface area contributed by atoms with Gasteiger partial charge in [-0.15, -0.1) is 11.3 Å². The first-order chi connectivity index (χ1) is 12.2. The zero-order valence-corrected chi connectivity index (χ0v) is 15.9. The normalized spacial score (nSPS) is 22.6. The summed E-state index contributed by atoms with van der Waals surface area (Å²) in [6.07, 6.45) is 5.66. The van der Waals surface area contributed by atoms with Crippen molar-refractivity contribution in [1.29, 1.82) is 0 Å². The summed E-state index contributed by atoms with van der Waals surface area (Å²) in [6.45, 7) is 3.25. The molecule has 1 aromatic heterocycles. The molecule has 2 N–H and O–H groups in total. The second-order valence-corrected chi connectivity index (χ2v) is 8.79. The smallest absolute Gasteiger partial charge is 0.261 e. The molecule has 1 fully saturated rings. The molecule has 0 radical (unpaired) electrons. The van der Waals surface area contributed by atoms with Gasteiger partial charge in [-0.05, 0) is 43.0 Å².